The Labute approximate surface area is 227 Å². The maximum Gasteiger partial charge on any atom is 0.206 e. The number of hydrogen-bond donors (Lipinski definition) is 2. The highest BCUT2D eigenvalue weighted by atomic mass is 19.2. The van der Waals surface area contributed by atoms with E-state index in [0.29, 0.717) is 16.8 Å². The smallest absolute Gasteiger partial charge is 0.206 e. The molecule has 5 nitrogen and oxygen atoms in total. The second-order valence-electron chi connectivity index (χ2n) is 9.54. The second kappa shape index (κ2) is 11.0. The molecule has 0 spiro atoms. The second-order valence-corrected chi connectivity index (χ2v) is 9.54. The van der Waals surface area contributed by atoms with Crippen LogP contribution in [0.3, 0.4) is 0 Å². The van der Waals surface area contributed by atoms with Gasteiger partial charge in [0.25, 0.3) is 0 Å². The van der Waals surface area contributed by atoms with Crippen LogP contribution in [0.4, 0.5) is 22.0 Å². The highest BCUT2D eigenvalue weighted by Gasteiger charge is 2.30. The summed E-state index contributed by atoms with van der Waals surface area (Å²) in [7, 11) is 0. The first kappa shape index (κ1) is 28.5. The summed E-state index contributed by atoms with van der Waals surface area (Å²) in [6.45, 7) is 3.53. The normalized spacial score (nSPS) is 11.5. The third kappa shape index (κ3) is 4.85. The summed E-state index contributed by atoms with van der Waals surface area (Å²) in [4.78, 5) is 20.4. The molecule has 208 valence electrons. The van der Waals surface area contributed by atoms with Crippen molar-refractivity contribution in [2.75, 3.05) is 0 Å². The van der Waals surface area contributed by atoms with Gasteiger partial charge in [0, 0.05) is 35.3 Å². The largest absolute Gasteiger partial charge is 0.451 e. The van der Waals surface area contributed by atoms with Crippen LogP contribution < -0.4 is 4.74 Å². The van der Waals surface area contributed by atoms with Crippen molar-refractivity contribution in [3.8, 4) is 22.9 Å². The fourth-order valence-corrected chi connectivity index (χ4v) is 4.51. The van der Waals surface area contributed by atoms with Crippen molar-refractivity contribution < 1.29 is 31.5 Å². The van der Waals surface area contributed by atoms with Crippen LogP contribution in [0.2, 0.25) is 0 Å². The predicted molar refractivity (Wildman–Crippen MR) is 142 cm³/mol. The molecule has 0 aliphatic rings. The number of aromatic nitrogens is 3. The minimum atomic E-state index is -1.53. The molecule has 0 saturated heterocycles. The molecule has 0 amide bonds. The lowest BCUT2D eigenvalue weighted by atomic mass is 9.80. The molecule has 2 aromatic heterocycles. The van der Waals surface area contributed by atoms with Gasteiger partial charge >= 0.3 is 0 Å². The number of ether oxygens (including phenoxy) is 1. The zero-order chi connectivity index (χ0) is 27.9. The van der Waals surface area contributed by atoms with E-state index in [1.807, 2.05) is 0 Å². The van der Waals surface area contributed by atoms with E-state index in [1.54, 1.807) is 32.0 Å². The summed E-state index contributed by atoms with van der Waals surface area (Å²) < 4.78 is 79.3. The Hall–Kier alpha value is -4.47. The Morgan fingerprint density at radius 3 is 2.50 bits per heavy atom. The van der Waals surface area contributed by atoms with Crippen LogP contribution in [-0.4, -0.2) is 21.2 Å². The number of aldehydes is 1. The molecule has 0 saturated carbocycles. The number of nitrogens with zero attached hydrogens (tertiary/aromatic N) is 1. The lowest BCUT2D eigenvalue weighted by Gasteiger charge is -2.25. The third-order valence-electron chi connectivity index (χ3n) is 6.74. The maximum absolute atomic E-state index is 15.3. The summed E-state index contributed by atoms with van der Waals surface area (Å²) in [5, 5.41) is -0.202. The van der Waals surface area contributed by atoms with Gasteiger partial charge in [-0.3, -0.25) is 0 Å². The molecular formula is C30H26F5N3O2. The SMILES string of the molecule is C.CC(C)(c1cnc(-c2cc(Oc3c(F)c(F)c4[nH]ccc4c3F)ccc2F)[nH]1)c1cccc(CCC=O)c1F. The minimum absolute atomic E-state index is 0. The third-order valence-corrected chi connectivity index (χ3v) is 6.74. The van der Waals surface area contributed by atoms with Gasteiger partial charge in [-0.05, 0) is 41.8 Å². The molecule has 0 unspecified atom stereocenters. The van der Waals surface area contributed by atoms with E-state index >= 15 is 4.39 Å². The van der Waals surface area contributed by atoms with E-state index in [4.69, 9.17) is 4.74 Å². The molecule has 5 aromatic rings. The zero-order valence-electron chi connectivity index (χ0n) is 20.8. The van der Waals surface area contributed by atoms with Crippen LogP contribution in [0, 0.1) is 29.1 Å². The first-order valence-corrected chi connectivity index (χ1v) is 12.0. The number of carbonyl (C=O) groups is 1. The van der Waals surface area contributed by atoms with Gasteiger partial charge in [-0.1, -0.05) is 39.5 Å². The van der Waals surface area contributed by atoms with Crippen molar-refractivity contribution >= 4 is 17.2 Å². The van der Waals surface area contributed by atoms with Crippen molar-refractivity contribution in [1.82, 2.24) is 15.0 Å². The van der Waals surface area contributed by atoms with Gasteiger partial charge in [0.1, 0.15) is 29.5 Å². The van der Waals surface area contributed by atoms with E-state index in [2.05, 4.69) is 15.0 Å². The zero-order valence-corrected chi connectivity index (χ0v) is 20.8. The van der Waals surface area contributed by atoms with Crippen LogP contribution in [0.15, 0.2) is 54.9 Å². The van der Waals surface area contributed by atoms with Gasteiger partial charge in [0.2, 0.25) is 11.6 Å². The topological polar surface area (TPSA) is 70.8 Å². The standard InChI is InChI=1S/C29H22F5N3O2.CH4/c1-29(2,19-7-3-5-15(22(19)31)6-4-12-38)21-14-36-28(37-21)18-13-16(8-9-20(18)30)39-27-23(32)17-10-11-35-26(17)24(33)25(27)34;/h3,5,7-14,35H,4,6H2,1-2H3,(H,36,37);1H4. The van der Waals surface area contributed by atoms with E-state index in [9.17, 15) is 22.4 Å². The summed E-state index contributed by atoms with van der Waals surface area (Å²) in [5.41, 5.74) is -0.129. The van der Waals surface area contributed by atoms with Crippen molar-refractivity contribution in [1.29, 1.82) is 0 Å². The number of aryl methyl sites for hydroxylation is 1. The number of rotatable bonds is 8. The van der Waals surface area contributed by atoms with E-state index in [0.717, 1.165) is 18.4 Å². The monoisotopic (exact) mass is 555 g/mol. The molecular weight excluding hydrogens is 529 g/mol. The van der Waals surface area contributed by atoms with Crippen LogP contribution in [0.25, 0.3) is 22.3 Å². The molecule has 0 atom stereocenters. The molecule has 5 rings (SSSR count). The van der Waals surface area contributed by atoms with Gasteiger partial charge in [0.15, 0.2) is 11.6 Å². The number of benzene rings is 3. The van der Waals surface area contributed by atoms with Crippen LogP contribution >= 0.6 is 0 Å². The summed E-state index contributed by atoms with van der Waals surface area (Å²) >= 11 is 0. The highest BCUT2D eigenvalue weighted by molar-refractivity contribution is 5.82. The van der Waals surface area contributed by atoms with Crippen molar-refractivity contribution in [3.63, 3.8) is 0 Å². The Kier molecular flexibility index (Phi) is 7.81. The minimum Gasteiger partial charge on any atom is -0.451 e. The quantitative estimate of drug-likeness (QED) is 0.115. The first-order valence-electron chi connectivity index (χ1n) is 12.0. The number of imidazole rings is 1. The highest BCUT2D eigenvalue weighted by Crippen LogP contribution is 2.38. The molecule has 2 heterocycles. The number of halogens is 5. The van der Waals surface area contributed by atoms with Gasteiger partial charge in [0.05, 0.1) is 11.1 Å². The molecule has 10 heteroatoms. The van der Waals surface area contributed by atoms with Gasteiger partial charge < -0.3 is 19.5 Å². The maximum atomic E-state index is 15.3. The van der Waals surface area contributed by atoms with Gasteiger partial charge in [-0.2, -0.15) is 4.39 Å². The van der Waals surface area contributed by atoms with Crippen LogP contribution in [0.1, 0.15) is 44.5 Å². The first-order chi connectivity index (χ1) is 18.6. The number of hydrogen-bond acceptors (Lipinski definition) is 3. The molecule has 0 fully saturated rings. The fourth-order valence-electron chi connectivity index (χ4n) is 4.51. The lowest BCUT2D eigenvalue weighted by molar-refractivity contribution is -0.107. The number of aromatic amines is 2. The molecule has 40 heavy (non-hydrogen) atoms. The fraction of sp³-hybridized carbons (Fsp3) is 0.200. The number of fused-ring (bicyclic) bond motifs is 1. The average molecular weight is 556 g/mol. The molecule has 3 aromatic carbocycles. The van der Waals surface area contributed by atoms with Crippen LogP contribution in [-0.2, 0) is 16.6 Å². The van der Waals surface area contributed by atoms with E-state index in [1.165, 1.54) is 24.5 Å². The number of nitrogens with one attached hydrogen (secondary N) is 2. The predicted octanol–water partition coefficient (Wildman–Crippen LogP) is 8.14. The molecule has 0 aliphatic heterocycles. The molecule has 0 radical (unpaired) electrons. The van der Waals surface area contributed by atoms with Crippen molar-refractivity contribution in [3.05, 3.63) is 101 Å². The summed E-state index contributed by atoms with van der Waals surface area (Å²) in [5.74, 6) is -6.19. The average Bonchev–Trinajstić information content (AvgIpc) is 3.61. The molecule has 0 bridgehead atoms. The summed E-state index contributed by atoms with van der Waals surface area (Å²) in [6.07, 6.45) is 3.87. The molecule has 2 N–H and O–H groups in total. The number of carbonyl (C=O) groups excluding carboxylic acids is 1. The summed E-state index contributed by atoms with van der Waals surface area (Å²) in [6, 6.07) is 9.51. The van der Waals surface area contributed by atoms with Gasteiger partial charge in [-0.25, -0.2) is 22.5 Å². The van der Waals surface area contributed by atoms with Crippen molar-refractivity contribution in [2.45, 2.75) is 39.5 Å². The lowest BCUT2D eigenvalue weighted by Crippen LogP contribution is -2.22. The Balaban J connectivity index is 0.00000370. The Bertz CT molecular complexity index is 1710. The van der Waals surface area contributed by atoms with E-state index < -0.39 is 40.3 Å². The van der Waals surface area contributed by atoms with Crippen LogP contribution in [0.5, 0.6) is 11.5 Å². The molecule has 0 aliphatic carbocycles. The Morgan fingerprint density at radius 2 is 1.75 bits per heavy atom. The van der Waals surface area contributed by atoms with Gasteiger partial charge in [-0.15, -0.1) is 0 Å². The van der Waals surface area contributed by atoms with E-state index in [-0.39, 0.29) is 48.3 Å². The Morgan fingerprint density at radius 1 is 0.975 bits per heavy atom. The number of H-pyrrole nitrogens is 2. The van der Waals surface area contributed by atoms with Crippen molar-refractivity contribution in [2.24, 2.45) is 0 Å².